The van der Waals surface area contributed by atoms with Crippen LogP contribution in [0.5, 0.6) is 11.5 Å². The van der Waals surface area contributed by atoms with Crippen molar-refractivity contribution in [1.29, 1.82) is 0 Å². The van der Waals surface area contributed by atoms with Crippen LogP contribution in [0, 0.1) is 12.3 Å². The van der Waals surface area contributed by atoms with Crippen LogP contribution in [-0.2, 0) is 0 Å². The predicted octanol–water partition coefficient (Wildman–Crippen LogP) is 3.80. The van der Waals surface area contributed by atoms with Crippen molar-refractivity contribution in [1.82, 2.24) is 0 Å². The Morgan fingerprint density at radius 1 is 1.11 bits per heavy atom. The molecule has 0 saturated carbocycles. The van der Waals surface area contributed by atoms with Gasteiger partial charge < -0.3 is 9.84 Å². The van der Waals surface area contributed by atoms with Gasteiger partial charge in [-0.25, -0.2) is 0 Å². The van der Waals surface area contributed by atoms with Gasteiger partial charge in [-0.05, 0) is 42.0 Å². The average Bonchev–Trinajstić information content (AvgIpc) is 2.41. The quantitative estimate of drug-likeness (QED) is 0.849. The highest BCUT2D eigenvalue weighted by molar-refractivity contribution is 6.30. The molecule has 18 heavy (non-hydrogen) atoms. The lowest BCUT2D eigenvalue weighted by molar-refractivity contribution is 0.238. The lowest BCUT2D eigenvalue weighted by Crippen LogP contribution is -1.93. The summed E-state index contributed by atoms with van der Waals surface area (Å²) in [5.41, 5.74) is 0.629. The molecule has 1 atom stereocenters. The first-order valence-corrected chi connectivity index (χ1v) is 5.74. The van der Waals surface area contributed by atoms with E-state index in [-0.39, 0.29) is 0 Å². The molecular weight excluding hydrogens is 248 g/mol. The summed E-state index contributed by atoms with van der Waals surface area (Å²) < 4.78 is 5.63. The zero-order valence-electron chi connectivity index (χ0n) is 9.51. The molecule has 0 aliphatic carbocycles. The summed E-state index contributed by atoms with van der Waals surface area (Å²) in [7, 11) is 0. The Bertz CT molecular complexity index is 570. The maximum atomic E-state index is 9.55. The zero-order chi connectivity index (χ0) is 13.0. The maximum Gasteiger partial charge on any atom is 0.140 e. The molecule has 2 aromatic carbocycles. The molecule has 1 unspecified atom stereocenters. The summed E-state index contributed by atoms with van der Waals surface area (Å²) in [6.45, 7) is 0. The van der Waals surface area contributed by atoms with Crippen LogP contribution >= 0.6 is 11.6 Å². The third kappa shape index (κ3) is 3.04. The molecule has 0 aromatic heterocycles. The van der Waals surface area contributed by atoms with Crippen molar-refractivity contribution < 1.29 is 9.84 Å². The zero-order valence-corrected chi connectivity index (χ0v) is 10.3. The van der Waals surface area contributed by atoms with E-state index in [1.165, 1.54) is 0 Å². The van der Waals surface area contributed by atoms with Crippen LogP contribution in [0.15, 0.2) is 48.5 Å². The first-order valence-electron chi connectivity index (χ1n) is 5.36. The van der Waals surface area contributed by atoms with Gasteiger partial charge in [0.05, 0.1) is 0 Å². The first kappa shape index (κ1) is 12.5. The van der Waals surface area contributed by atoms with E-state index in [0.717, 1.165) is 0 Å². The lowest BCUT2D eigenvalue weighted by Gasteiger charge is -2.08. The molecular formula is C15H11ClO2. The number of halogens is 1. The van der Waals surface area contributed by atoms with E-state index in [4.69, 9.17) is 22.8 Å². The third-order valence-electron chi connectivity index (χ3n) is 2.38. The summed E-state index contributed by atoms with van der Waals surface area (Å²) in [5, 5.41) is 10.2. The van der Waals surface area contributed by atoms with Crippen LogP contribution in [0.4, 0.5) is 0 Å². The van der Waals surface area contributed by atoms with Crippen LogP contribution in [0.1, 0.15) is 11.7 Å². The summed E-state index contributed by atoms with van der Waals surface area (Å²) in [4.78, 5) is 0. The van der Waals surface area contributed by atoms with Crippen molar-refractivity contribution in [2.75, 3.05) is 0 Å². The fourth-order valence-corrected chi connectivity index (χ4v) is 1.61. The van der Waals surface area contributed by atoms with Gasteiger partial charge >= 0.3 is 0 Å². The van der Waals surface area contributed by atoms with Gasteiger partial charge in [0.15, 0.2) is 0 Å². The Kier molecular flexibility index (Phi) is 3.88. The smallest absolute Gasteiger partial charge is 0.140 e. The Balaban J connectivity index is 2.19. The minimum atomic E-state index is -0.918. The van der Waals surface area contributed by atoms with Crippen LogP contribution in [0.2, 0.25) is 5.02 Å². The van der Waals surface area contributed by atoms with E-state index in [1.807, 2.05) is 0 Å². The molecule has 0 radical (unpaired) electrons. The van der Waals surface area contributed by atoms with Crippen molar-refractivity contribution >= 4 is 11.6 Å². The molecule has 0 bridgehead atoms. The molecule has 0 saturated heterocycles. The van der Waals surface area contributed by atoms with Crippen molar-refractivity contribution in [3.8, 4) is 23.8 Å². The van der Waals surface area contributed by atoms with Crippen molar-refractivity contribution in [3.63, 3.8) is 0 Å². The highest BCUT2D eigenvalue weighted by Crippen LogP contribution is 2.25. The number of hydrogen-bond acceptors (Lipinski definition) is 2. The largest absolute Gasteiger partial charge is 0.457 e. The van der Waals surface area contributed by atoms with E-state index < -0.39 is 6.10 Å². The van der Waals surface area contributed by atoms with E-state index in [2.05, 4.69) is 5.92 Å². The van der Waals surface area contributed by atoms with E-state index in [9.17, 15) is 5.11 Å². The minimum absolute atomic E-state index is 0.615. The number of terminal acetylenes is 1. The average molecular weight is 259 g/mol. The molecule has 2 nitrogen and oxygen atoms in total. The number of benzene rings is 2. The van der Waals surface area contributed by atoms with E-state index in [0.29, 0.717) is 22.1 Å². The molecule has 3 heteroatoms. The molecule has 2 aromatic rings. The number of hydrogen-bond donors (Lipinski definition) is 1. The molecule has 0 heterocycles. The fourth-order valence-electron chi connectivity index (χ4n) is 1.48. The monoisotopic (exact) mass is 258 g/mol. The van der Waals surface area contributed by atoms with Gasteiger partial charge in [0.2, 0.25) is 0 Å². The Morgan fingerprint density at radius 2 is 1.83 bits per heavy atom. The molecule has 0 spiro atoms. The number of rotatable bonds is 3. The molecule has 2 rings (SSSR count). The Hall–Kier alpha value is -1.95. The second kappa shape index (κ2) is 5.59. The summed E-state index contributed by atoms with van der Waals surface area (Å²) in [6, 6.07) is 14.1. The molecule has 0 amide bonds. The minimum Gasteiger partial charge on any atom is -0.457 e. The van der Waals surface area contributed by atoms with Gasteiger partial charge in [-0.3, -0.25) is 0 Å². The number of aliphatic hydroxyl groups excluding tert-OH is 1. The summed E-state index contributed by atoms with van der Waals surface area (Å²) in [5.74, 6) is 3.55. The van der Waals surface area contributed by atoms with Crippen LogP contribution in [0.3, 0.4) is 0 Å². The third-order valence-corrected chi connectivity index (χ3v) is 2.63. The van der Waals surface area contributed by atoms with Crippen LogP contribution in [0.25, 0.3) is 0 Å². The van der Waals surface area contributed by atoms with E-state index >= 15 is 0 Å². The van der Waals surface area contributed by atoms with Crippen molar-refractivity contribution in [2.45, 2.75) is 6.10 Å². The van der Waals surface area contributed by atoms with Gasteiger partial charge in [-0.15, -0.1) is 6.42 Å². The molecule has 0 fully saturated rings. The fraction of sp³-hybridized carbons (Fsp3) is 0.0667. The highest BCUT2D eigenvalue weighted by atomic mass is 35.5. The van der Waals surface area contributed by atoms with Gasteiger partial charge in [0, 0.05) is 5.02 Å². The summed E-state index contributed by atoms with van der Waals surface area (Å²) in [6.07, 6.45) is 4.25. The van der Waals surface area contributed by atoms with Crippen LogP contribution < -0.4 is 4.74 Å². The topological polar surface area (TPSA) is 29.5 Å². The number of ether oxygens (including phenoxy) is 1. The SMILES string of the molecule is C#CC(O)c1cccc(Oc2ccc(Cl)cc2)c1. The first-order chi connectivity index (χ1) is 8.69. The predicted molar refractivity (Wildman–Crippen MR) is 71.8 cm³/mol. The number of aliphatic hydroxyl groups is 1. The maximum absolute atomic E-state index is 9.55. The molecule has 0 aliphatic rings. The Labute approximate surface area is 111 Å². The van der Waals surface area contributed by atoms with Gasteiger partial charge in [-0.2, -0.15) is 0 Å². The molecule has 90 valence electrons. The second-order valence-corrected chi connectivity index (χ2v) is 4.13. The summed E-state index contributed by atoms with van der Waals surface area (Å²) >= 11 is 5.79. The molecule has 0 aliphatic heterocycles. The van der Waals surface area contributed by atoms with Gasteiger partial charge in [-0.1, -0.05) is 29.7 Å². The molecule has 1 N–H and O–H groups in total. The van der Waals surface area contributed by atoms with Crippen molar-refractivity contribution in [3.05, 3.63) is 59.1 Å². The van der Waals surface area contributed by atoms with Crippen molar-refractivity contribution in [2.24, 2.45) is 0 Å². The van der Waals surface area contributed by atoms with Gasteiger partial charge in [0.25, 0.3) is 0 Å². The van der Waals surface area contributed by atoms with E-state index in [1.54, 1.807) is 48.5 Å². The Morgan fingerprint density at radius 3 is 2.50 bits per heavy atom. The van der Waals surface area contributed by atoms with Crippen LogP contribution in [-0.4, -0.2) is 5.11 Å². The second-order valence-electron chi connectivity index (χ2n) is 3.70. The standard InChI is InChI=1S/C15H11ClO2/c1-2-15(17)11-4-3-5-14(10-11)18-13-8-6-12(16)7-9-13/h1,3-10,15,17H. The van der Waals surface area contributed by atoms with Gasteiger partial charge in [0.1, 0.15) is 17.6 Å². The normalized spacial score (nSPS) is 11.6. The highest BCUT2D eigenvalue weighted by Gasteiger charge is 2.05. The lowest BCUT2D eigenvalue weighted by atomic mass is 10.1.